The van der Waals surface area contributed by atoms with E-state index in [1.165, 1.54) is 19.3 Å². The third kappa shape index (κ3) is 3.74. The Bertz CT molecular complexity index is 929. The van der Waals surface area contributed by atoms with Crippen molar-refractivity contribution in [2.45, 2.75) is 39.2 Å². The molecule has 2 aromatic heterocycles. The van der Waals surface area contributed by atoms with Crippen molar-refractivity contribution in [1.29, 1.82) is 0 Å². The monoisotopic (exact) mass is 360 g/mol. The van der Waals surface area contributed by atoms with Gasteiger partial charge in [-0.05, 0) is 18.6 Å². The number of pyridine rings is 1. The van der Waals surface area contributed by atoms with Gasteiger partial charge in [0, 0.05) is 12.1 Å². The van der Waals surface area contributed by atoms with Gasteiger partial charge in [0.2, 0.25) is 0 Å². The first-order chi connectivity index (χ1) is 13.4. The van der Waals surface area contributed by atoms with Crippen LogP contribution in [0.15, 0.2) is 53.8 Å². The van der Waals surface area contributed by atoms with E-state index >= 15 is 0 Å². The van der Waals surface area contributed by atoms with Gasteiger partial charge in [-0.2, -0.15) is 0 Å². The fourth-order valence-electron chi connectivity index (χ4n) is 3.30. The summed E-state index contributed by atoms with van der Waals surface area (Å²) in [6.45, 7) is 3.65. The molecular formula is C21H24N6. The first-order valence-electron chi connectivity index (χ1n) is 9.61. The van der Waals surface area contributed by atoms with E-state index in [9.17, 15) is 0 Å². The standard InChI is InChI=1S/C21H24N6/c1-2-3-4-8-13-22-18-12-11-17-21(25-18)20(16-9-6-5-7-10-16)23-14-19-26-24-15-27(17)19/h5-7,9-12,15H,2-4,8,13-14H2,1H3,(H,22,25). The minimum atomic E-state index is 0.486. The third-order valence-electron chi connectivity index (χ3n) is 4.74. The van der Waals surface area contributed by atoms with Gasteiger partial charge >= 0.3 is 0 Å². The quantitative estimate of drug-likeness (QED) is 0.647. The van der Waals surface area contributed by atoms with Crippen molar-refractivity contribution in [2.75, 3.05) is 11.9 Å². The van der Waals surface area contributed by atoms with Crippen LogP contribution in [0.25, 0.3) is 5.69 Å². The molecule has 0 radical (unpaired) electrons. The van der Waals surface area contributed by atoms with Crippen LogP contribution < -0.4 is 5.32 Å². The molecule has 138 valence electrons. The summed E-state index contributed by atoms with van der Waals surface area (Å²) in [5, 5.41) is 11.7. The molecule has 6 heteroatoms. The second-order valence-electron chi connectivity index (χ2n) is 6.70. The highest BCUT2D eigenvalue weighted by atomic mass is 15.3. The summed E-state index contributed by atoms with van der Waals surface area (Å²) >= 11 is 0. The summed E-state index contributed by atoms with van der Waals surface area (Å²) < 4.78 is 1.98. The normalized spacial score (nSPS) is 12.7. The van der Waals surface area contributed by atoms with E-state index in [-0.39, 0.29) is 0 Å². The van der Waals surface area contributed by atoms with Crippen LogP contribution in [0.2, 0.25) is 0 Å². The van der Waals surface area contributed by atoms with Gasteiger partial charge in [0.1, 0.15) is 24.4 Å². The molecule has 3 aromatic rings. The second-order valence-corrected chi connectivity index (χ2v) is 6.70. The van der Waals surface area contributed by atoms with E-state index in [2.05, 4.69) is 40.6 Å². The van der Waals surface area contributed by atoms with Crippen molar-refractivity contribution < 1.29 is 0 Å². The Balaban J connectivity index is 1.67. The maximum absolute atomic E-state index is 4.91. The summed E-state index contributed by atoms with van der Waals surface area (Å²) in [6.07, 6.45) is 6.66. The lowest BCUT2D eigenvalue weighted by Crippen LogP contribution is -2.12. The molecule has 0 atom stereocenters. The van der Waals surface area contributed by atoms with E-state index in [0.717, 1.165) is 47.3 Å². The van der Waals surface area contributed by atoms with Gasteiger partial charge in [-0.1, -0.05) is 56.5 Å². The van der Waals surface area contributed by atoms with Crippen LogP contribution in [-0.4, -0.2) is 32.0 Å². The zero-order valence-corrected chi connectivity index (χ0v) is 15.6. The minimum absolute atomic E-state index is 0.486. The fourth-order valence-corrected chi connectivity index (χ4v) is 3.30. The minimum Gasteiger partial charge on any atom is -0.370 e. The van der Waals surface area contributed by atoms with Crippen LogP contribution >= 0.6 is 0 Å². The van der Waals surface area contributed by atoms with Gasteiger partial charge in [0.25, 0.3) is 0 Å². The maximum Gasteiger partial charge on any atom is 0.159 e. The molecule has 1 aromatic carbocycles. The third-order valence-corrected chi connectivity index (χ3v) is 4.74. The van der Waals surface area contributed by atoms with Crippen molar-refractivity contribution in [3.05, 3.63) is 65.9 Å². The van der Waals surface area contributed by atoms with Crippen LogP contribution in [0.1, 0.15) is 49.7 Å². The molecule has 4 rings (SSSR count). The number of fused-ring (bicyclic) bond motifs is 3. The lowest BCUT2D eigenvalue weighted by atomic mass is 10.1. The second kappa shape index (κ2) is 8.12. The first-order valence-corrected chi connectivity index (χ1v) is 9.61. The van der Waals surface area contributed by atoms with E-state index in [1.54, 1.807) is 6.33 Å². The Morgan fingerprint density at radius 1 is 1.04 bits per heavy atom. The zero-order valence-electron chi connectivity index (χ0n) is 15.6. The van der Waals surface area contributed by atoms with Crippen LogP contribution in [0, 0.1) is 0 Å². The number of hydrogen-bond donors (Lipinski definition) is 1. The predicted octanol–water partition coefficient (Wildman–Crippen LogP) is 4.01. The largest absolute Gasteiger partial charge is 0.370 e. The molecule has 6 nitrogen and oxygen atoms in total. The summed E-state index contributed by atoms with van der Waals surface area (Å²) in [5.41, 5.74) is 3.78. The molecule has 0 saturated heterocycles. The number of unbranched alkanes of at least 4 members (excludes halogenated alkanes) is 3. The van der Waals surface area contributed by atoms with Crippen LogP contribution in [-0.2, 0) is 6.54 Å². The summed E-state index contributed by atoms with van der Waals surface area (Å²) in [4.78, 5) is 9.72. The van der Waals surface area contributed by atoms with Gasteiger partial charge in [-0.25, -0.2) is 4.98 Å². The fraction of sp³-hybridized carbons (Fsp3) is 0.333. The molecule has 0 fully saturated rings. The zero-order chi connectivity index (χ0) is 18.5. The number of nitrogens with one attached hydrogen (secondary N) is 1. The number of nitrogens with zero attached hydrogens (tertiary/aromatic N) is 5. The molecule has 1 aliphatic heterocycles. The van der Waals surface area contributed by atoms with Gasteiger partial charge in [-0.3, -0.25) is 9.56 Å². The highest BCUT2D eigenvalue weighted by Crippen LogP contribution is 2.24. The topological polar surface area (TPSA) is 68.0 Å². The lowest BCUT2D eigenvalue weighted by molar-refractivity contribution is 0.684. The highest BCUT2D eigenvalue weighted by molar-refractivity contribution is 6.14. The molecule has 0 saturated carbocycles. The molecular weight excluding hydrogens is 336 g/mol. The Labute approximate surface area is 159 Å². The van der Waals surface area contributed by atoms with Crippen molar-refractivity contribution in [1.82, 2.24) is 19.7 Å². The molecule has 0 spiro atoms. The Morgan fingerprint density at radius 2 is 1.93 bits per heavy atom. The van der Waals surface area contributed by atoms with Gasteiger partial charge in [0.15, 0.2) is 5.82 Å². The molecule has 1 N–H and O–H groups in total. The lowest BCUT2D eigenvalue weighted by Gasteiger charge is -2.13. The van der Waals surface area contributed by atoms with Crippen LogP contribution in [0.3, 0.4) is 0 Å². The van der Waals surface area contributed by atoms with Gasteiger partial charge < -0.3 is 5.32 Å². The number of aromatic nitrogens is 4. The Hall–Kier alpha value is -3.02. The van der Waals surface area contributed by atoms with E-state index in [0.29, 0.717) is 6.54 Å². The predicted molar refractivity (Wildman–Crippen MR) is 108 cm³/mol. The summed E-state index contributed by atoms with van der Waals surface area (Å²) in [7, 11) is 0. The first kappa shape index (κ1) is 17.4. The highest BCUT2D eigenvalue weighted by Gasteiger charge is 2.21. The summed E-state index contributed by atoms with van der Waals surface area (Å²) in [6, 6.07) is 14.3. The van der Waals surface area contributed by atoms with Crippen molar-refractivity contribution >= 4 is 11.5 Å². The van der Waals surface area contributed by atoms with E-state index in [4.69, 9.17) is 9.98 Å². The van der Waals surface area contributed by atoms with Crippen LogP contribution in [0.5, 0.6) is 0 Å². The van der Waals surface area contributed by atoms with Crippen molar-refractivity contribution in [3.8, 4) is 5.69 Å². The Morgan fingerprint density at radius 3 is 2.78 bits per heavy atom. The number of hydrogen-bond acceptors (Lipinski definition) is 5. The van der Waals surface area contributed by atoms with Crippen molar-refractivity contribution in [2.24, 2.45) is 4.99 Å². The summed E-state index contributed by atoms with van der Waals surface area (Å²) in [5.74, 6) is 1.70. The van der Waals surface area contributed by atoms with Crippen molar-refractivity contribution in [3.63, 3.8) is 0 Å². The molecule has 0 unspecified atom stereocenters. The average Bonchev–Trinajstić information content (AvgIpc) is 3.12. The SMILES string of the molecule is CCCCCCNc1ccc2c(n1)C(c1ccccc1)=NCc1nncn1-2. The molecule has 1 aliphatic rings. The smallest absolute Gasteiger partial charge is 0.159 e. The molecule has 3 heterocycles. The maximum atomic E-state index is 4.91. The van der Waals surface area contributed by atoms with Crippen LogP contribution in [0.4, 0.5) is 5.82 Å². The van der Waals surface area contributed by atoms with Gasteiger partial charge in [-0.15, -0.1) is 10.2 Å². The number of rotatable bonds is 7. The molecule has 0 aliphatic carbocycles. The van der Waals surface area contributed by atoms with E-state index < -0.39 is 0 Å². The number of aliphatic imine (C=N–C) groups is 1. The van der Waals surface area contributed by atoms with E-state index in [1.807, 2.05) is 28.8 Å². The number of anilines is 1. The average molecular weight is 360 g/mol. The molecule has 27 heavy (non-hydrogen) atoms. The Kier molecular flexibility index (Phi) is 5.23. The van der Waals surface area contributed by atoms with Gasteiger partial charge in [0.05, 0.1) is 11.4 Å². The number of benzene rings is 1. The molecule has 0 amide bonds. The molecule has 0 bridgehead atoms.